The van der Waals surface area contributed by atoms with Gasteiger partial charge in [0.2, 0.25) is 5.91 Å². The summed E-state index contributed by atoms with van der Waals surface area (Å²) in [5.74, 6) is -1.35. The maximum absolute atomic E-state index is 13.2. The molecule has 1 aromatic carbocycles. The van der Waals surface area contributed by atoms with Crippen LogP contribution >= 0.6 is 0 Å². The fraction of sp³-hybridized carbons (Fsp3) is 0.583. The molecule has 0 unspecified atom stereocenters. The van der Waals surface area contributed by atoms with Crippen LogP contribution in [0.1, 0.15) is 51.5 Å². The zero-order chi connectivity index (χ0) is 24.2. The van der Waals surface area contributed by atoms with Crippen LogP contribution in [0.25, 0.3) is 0 Å². The van der Waals surface area contributed by atoms with E-state index < -0.39 is 23.7 Å². The van der Waals surface area contributed by atoms with Crippen molar-refractivity contribution in [3.63, 3.8) is 0 Å². The molecule has 0 spiro atoms. The monoisotopic (exact) mass is 457 g/mol. The second-order valence-electron chi connectivity index (χ2n) is 8.77. The Hall–Kier alpha value is -2.84. The third kappa shape index (κ3) is 8.90. The Morgan fingerprint density at radius 2 is 1.97 bits per heavy atom. The molecule has 179 valence electrons. The molecule has 33 heavy (non-hydrogen) atoms. The third-order valence-electron chi connectivity index (χ3n) is 5.64. The second-order valence-corrected chi connectivity index (χ2v) is 8.77. The molecule has 9 heteroatoms. The molecule has 2 heterocycles. The maximum atomic E-state index is 13.2. The lowest BCUT2D eigenvalue weighted by Gasteiger charge is -2.24. The highest BCUT2D eigenvalue weighted by molar-refractivity contribution is 6.39. The van der Waals surface area contributed by atoms with Gasteiger partial charge in [-0.15, -0.1) is 0 Å². The SMILES string of the molecule is COC(=O)[C@@H]1CCCCOc2ccc(cc2)C[C@H]([B]OC=N)C(=O)N[C@@H](CC(C)C)C(=O)C1. The van der Waals surface area contributed by atoms with Crippen LogP contribution in [0.5, 0.6) is 5.75 Å². The largest absolute Gasteiger partial charge is 0.555 e. The van der Waals surface area contributed by atoms with Crippen molar-refractivity contribution in [1.29, 1.82) is 5.41 Å². The van der Waals surface area contributed by atoms with Crippen LogP contribution in [0.4, 0.5) is 0 Å². The summed E-state index contributed by atoms with van der Waals surface area (Å²) in [6, 6.07) is 6.75. The number of carbonyl (C=O) groups is 3. The van der Waals surface area contributed by atoms with Gasteiger partial charge in [0.1, 0.15) is 12.2 Å². The van der Waals surface area contributed by atoms with Crippen LogP contribution in [0.3, 0.4) is 0 Å². The molecule has 1 aromatic rings. The molecule has 0 aromatic heterocycles. The van der Waals surface area contributed by atoms with Gasteiger partial charge in [-0.3, -0.25) is 19.8 Å². The zero-order valence-electron chi connectivity index (χ0n) is 19.7. The molecule has 0 saturated heterocycles. The lowest BCUT2D eigenvalue weighted by atomic mass is 9.75. The first kappa shape index (κ1) is 26.4. The van der Waals surface area contributed by atoms with Gasteiger partial charge in [-0.2, -0.15) is 0 Å². The normalized spacial score (nSPS) is 22.6. The highest BCUT2D eigenvalue weighted by atomic mass is 16.5. The van der Waals surface area contributed by atoms with E-state index in [0.29, 0.717) is 32.3 Å². The molecule has 2 N–H and O–H groups in total. The van der Waals surface area contributed by atoms with Gasteiger partial charge in [-0.05, 0) is 55.7 Å². The van der Waals surface area contributed by atoms with Crippen molar-refractivity contribution < 1.29 is 28.5 Å². The number of nitrogens with one attached hydrogen (secondary N) is 2. The fourth-order valence-electron chi connectivity index (χ4n) is 3.87. The molecule has 8 nitrogen and oxygen atoms in total. The van der Waals surface area contributed by atoms with Crippen LogP contribution in [-0.4, -0.2) is 51.3 Å². The molecular weight excluding hydrogens is 423 g/mol. The van der Waals surface area contributed by atoms with Gasteiger partial charge in [0.25, 0.3) is 0 Å². The Balaban J connectivity index is 2.30. The minimum Gasteiger partial charge on any atom is -0.555 e. The van der Waals surface area contributed by atoms with Crippen LogP contribution in [-0.2, 0) is 30.2 Å². The molecule has 1 radical (unpaired) electrons. The van der Waals surface area contributed by atoms with Gasteiger partial charge in [0.15, 0.2) is 5.78 Å². The highest BCUT2D eigenvalue weighted by Gasteiger charge is 2.31. The minimum atomic E-state index is -0.720. The van der Waals surface area contributed by atoms with Gasteiger partial charge < -0.3 is 19.4 Å². The number of Topliss-reactive ketones (excluding diaryl/α,β-unsaturated/α-hetero) is 1. The number of methoxy groups -OCH3 is 1. The van der Waals surface area contributed by atoms with Gasteiger partial charge in [0.05, 0.1) is 31.5 Å². The summed E-state index contributed by atoms with van der Waals surface area (Å²) in [4.78, 5) is 38.6. The predicted molar refractivity (Wildman–Crippen MR) is 125 cm³/mol. The Morgan fingerprint density at radius 3 is 2.61 bits per heavy atom. The van der Waals surface area contributed by atoms with Gasteiger partial charge in [-0.25, -0.2) is 0 Å². The van der Waals surface area contributed by atoms with E-state index in [9.17, 15) is 14.4 Å². The zero-order valence-corrected chi connectivity index (χ0v) is 19.7. The van der Waals surface area contributed by atoms with Crippen LogP contribution in [0.15, 0.2) is 24.3 Å². The number of rotatable bonds is 6. The van der Waals surface area contributed by atoms with E-state index in [1.807, 2.05) is 38.1 Å². The van der Waals surface area contributed by atoms with Crippen LogP contribution in [0.2, 0.25) is 5.82 Å². The number of benzene rings is 1. The fourth-order valence-corrected chi connectivity index (χ4v) is 3.87. The van der Waals surface area contributed by atoms with Crippen molar-refractivity contribution in [3.8, 4) is 5.75 Å². The molecule has 2 bridgehead atoms. The van der Waals surface area contributed by atoms with Gasteiger partial charge in [0, 0.05) is 6.42 Å². The maximum Gasteiger partial charge on any atom is 0.384 e. The lowest BCUT2D eigenvalue weighted by molar-refractivity contribution is -0.147. The first-order valence-electron chi connectivity index (χ1n) is 11.4. The quantitative estimate of drug-likeness (QED) is 0.294. The van der Waals surface area contributed by atoms with E-state index in [1.165, 1.54) is 14.6 Å². The number of ether oxygens (including phenoxy) is 2. The molecule has 2 aliphatic heterocycles. The number of hydrogen-bond acceptors (Lipinski definition) is 7. The van der Waals surface area contributed by atoms with Crippen molar-refractivity contribution >= 4 is 31.5 Å². The molecule has 3 atom stereocenters. The van der Waals surface area contributed by atoms with E-state index in [1.54, 1.807) is 0 Å². The predicted octanol–water partition coefficient (Wildman–Crippen LogP) is 3.10. The summed E-state index contributed by atoms with van der Waals surface area (Å²) in [5.41, 5.74) is 0.897. The Labute approximate surface area is 196 Å². The number of carbonyl (C=O) groups excluding carboxylic acids is 3. The molecule has 0 saturated carbocycles. The Bertz CT molecular complexity index is 799. The van der Waals surface area contributed by atoms with Gasteiger partial charge >= 0.3 is 13.5 Å². The lowest BCUT2D eigenvalue weighted by Crippen LogP contribution is -2.45. The summed E-state index contributed by atoms with van der Waals surface area (Å²) >= 11 is 0. The van der Waals surface area contributed by atoms with Gasteiger partial charge in [-0.1, -0.05) is 26.0 Å². The number of hydrogen-bond donors (Lipinski definition) is 2. The third-order valence-corrected chi connectivity index (χ3v) is 5.64. The molecule has 0 fully saturated rings. The van der Waals surface area contributed by atoms with Crippen LogP contribution in [0, 0.1) is 17.2 Å². The highest BCUT2D eigenvalue weighted by Crippen LogP contribution is 2.22. The van der Waals surface area contributed by atoms with Crippen molar-refractivity contribution in [2.45, 2.75) is 64.2 Å². The van der Waals surface area contributed by atoms with E-state index in [-0.39, 0.29) is 24.0 Å². The number of fused-ring (bicyclic) bond motifs is 14. The number of esters is 1. The summed E-state index contributed by atoms with van der Waals surface area (Å²) in [6.07, 6.45) is 3.52. The second kappa shape index (κ2) is 13.7. The van der Waals surface area contributed by atoms with E-state index in [0.717, 1.165) is 24.1 Å². The number of ketones is 1. The van der Waals surface area contributed by atoms with Crippen LogP contribution < -0.4 is 10.1 Å². The smallest absolute Gasteiger partial charge is 0.384 e. The van der Waals surface area contributed by atoms with E-state index >= 15 is 0 Å². The Kier molecular flexibility index (Phi) is 10.9. The minimum absolute atomic E-state index is 0.00837. The van der Waals surface area contributed by atoms with Crippen molar-refractivity contribution in [2.75, 3.05) is 13.7 Å². The molecule has 3 rings (SSSR count). The van der Waals surface area contributed by atoms with Crippen molar-refractivity contribution in [1.82, 2.24) is 5.32 Å². The van der Waals surface area contributed by atoms with Crippen molar-refractivity contribution in [3.05, 3.63) is 29.8 Å². The van der Waals surface area contributed by atoms with E-state index in [2.05, 4.69) is 5.32 Å². The molecular formula is C24H34BN2O6. The summed E-state index contributed by atoms with van der Waals surface area (Å²) in [7, 11) is 2.62. The average molecular weight is 457 g/mol. The molecule has 1 amide bonds. The summed E-state index contributed by atoms with van der Waals surface area (Å²) in [5, 5.41) is 10.00. The molecule has 0 aliphatic carbocycles. The van der Waals surface area contributed by atoms with Crippen molar-refractivity contribution in [2.24, 2.45) is 11.8 Å². The topological polar surface area (TPSA) is 115 Å². The number of amides is 1. The first-order valence-corrected chi connectivity index (χ1v) is 11.4. The standard InChI is InChI=1S/C24H34BN2O6/c1-16(2)12-21-22(28)14-18(24(30)31-3)6-4-5-11-32-19-9-7-17(8-10-19)13-20(23(29)27-21)25-33-15-26/h7-10,15-16,18,20-21,26H,4-6,11-14H2,1-3H3,(H,27,29)/t18-,20+,21+/m1/s1. The summed E-state index contributed by atoms with van der Waals surface area (Å²) in [6.45, 7) is 4.45. The summed E-state index contributed by atoms with van der Waals surface area (Å²) < 4.78 is 15.7. The first-order chi connectivity index (χ1) is 15.8. The van der Waals surface area contributed by atoms with E-state index in [4.69, 9.17) is 19.5 Å². The molecule has 2 aliphatic rings. The average Bonchev–Trinajstić information content (AvgIpc) is 2.79. The Morgan fingerprint density at radius 1 is 1.24 bits per heavy atom.